The summed E-state index contributed by atoms with van der Waals surface area (Å²) in [6.45, 7) is 1.34. The molecule has 11 heteroatoms. The zero-order chi connectivity index (χ0) is 29.7. The molecule has 1 aromatic carbocycles. The summed E-state index contributed by atoms with van der Waals surface area (Å²) in [6.07, 6.45) is 2.91. The molecule has 4 aliphatic carbocycles. The number of carbonyl (C=O) groups is 3. The lowest BCUT2D eigenvalue weighted by molar-refractivity contribution is -0.136. The number of aliphatic hydroxyl groups excluding tert-OH is 2. The molecule has 2 bridgehead atoms. The second-order valence-electron chi connectivity index (χ2n) is 13.0. The van der Waals surface area contributed by atoms with Crippen LogP contribution in [0.15, 0.2) is 28.7 Å². The van der Waals surface area contributed by atoms with Gasteiger partial charge in [-0.15, -0.1) is 0 Å². The van der Waals surface area contributed by atoms with E-state index in [1.807, 2.05) is 23.9 Å². The highest BCUT2D eigenvalue weighted by Gasteiger charge is 2.61. The molecule has 2 saturated heterocycles. The van der Waals surface area contributed by atoms with Crippen LogP contribution < -0.4 is 10.6 Å². The number of aliphatic hydroxyl groups is 3. The molecule has 2 heterocycles. The van der Waals surface area contributed by atoms with Crippen molar-refractivity contribution < 1.29 is 34.8 Å². The molecule has 6 N–H and O–H groups in total. The van der Waals surface area contributed by atoms with Crippen molar-refractivity contribution in [2.24, 2.45) is 29.4 Å². The van der Waals surface area contributed by atoms with Gasteiger partial charge in [0.05, 0.1) is 11.6 Å². The number of aromatic hydroxyl groups is 1. The van der Waals surface area contributed by atoms with Gasteiger partial charge in [0.1, 0.15) is 22.8 Å². The lowest BCUT2D eigenvalue weighted by atomic mass is 9.59. The maximum absolute atomic E-state index is 13.6. The predicted molar refractivity (Wildman–Crippen MR) is 149 cm³/mol. The molecule has 4 atom stereocenters. The van der Waals surface area contributed by atoms with Crippen molar-refractivity contribution in [1.29, 1.82) is 0 Å². The Hall–Kier alpha value is -3.57. The average Bonchev–Trinajstić information content (AvgIpc) is 2.89. The largest absolute Gasteiger partial charge is 0.509 e. The number of amides is 2. The van der Waals surface area contributed by atoms with Gasteiger partial charge in [-0.05, 0) is 74.7 Å². The van der Waals surface area contributed by atoms with Crippen molar-refractivity contribution in [2.45, 2.75) is 43.7 Å². The van der Waals surface area contributed by atoms with E-state index in [2.05, 4.69) is 0 Å². The van der Waals surface area contributed by atoms with Crippen LogP contribution in [0.1, 0.15) is 40.7 Å². The van der Waals surface area contributed by atoms with Crippen molar-refractivity contribution in [3.63, 3.8) is 0 Å². The Balaban J connectivity index is 1.47. The highest BCUT2D eigenvalue weighted by Crippen LogP contribution is 2.54. The molecule has 1 saturated carbocycles. The number of nitrogens with two attached hydrogens (primary N) is 1. The fourth-order valence-corrected chi connectivity index (χ4v) is 8.16. The molecule has 0 aromatic heterocycles. The highest BCUT2D eigenvalue weighted by molar-refractivity contribution is 6.22. The summed E-state index contributed by atoms with van der Waals surface area (Å²) in [6, 6.07) is 0.728. The number of phenols is 1. The number of Topliss-reactive ketones (excluding diaryl/α,β-unsaturated/α-hetero) is 1. The summed E-state index contributed by atoms with van der Waals surface area (Å²) >= 11 is 0. The van der Waals surface area contributed by atoms with Crippen LogP contribution in [0.25, 0.3) is 0 Å². The van der Waals surface area contributed by atoms with E-state index in [1.165, 1.54) is 0 Å². The zero-order valence-corrected chi connectivity index (χ0v) is 23.8. The summed E-state index contributed by atoms with van der Waals surface area (Å²) in [4.78, 5) is 44.4. The molecule has 3 fully saturated rings. The van der Waals surface area contributed by atoms with Crippen LogP contribution in [-0.2, 0) is 22.4 Å². The third kappa shape index (κ3) is 3.81. The number of benzene rings is 1. The minimum absolute atomic E-state index is 0.0274. The Labute approximate surface area is 238 Å². The van der Waals surface area contributed by atoms with E-state index in [0.717, 1.165) is 24.1 Å². The third-order valence-corrected chi connectivity index (χ3v) is 10.1. The highest BCUT2D eigenvalue weighted by atomic mass is 16.4. The average molecular weight is 567 g/mol. The van der Waals surface area contributed by atoms with Crippen LogP contribution in [-0.4, -0.2) is 101 Å². The van der Waals surface area contributed by atoms with Crippen LogP contribution in [0.4, 0.5) is 5.69 Å². The maximum Gasteiger partial charge on any atom is 0.257 e. The van der Waals surface area contributed by atoms with E-state index in [4.69, 9.17) is 5.73 Å². The van der Waals surface area contributed by atoms with E-state index in [-0.39, 0.29) is 36.0 Å². The number of allylic oxidation sites excluding steroid dienone is 1. The normalized spacial score (nSPS) is 32.3. The number of carbonyl (C=O) groups excluding carboxylic acids is 3. The number of ketones is 1. The van der Waals surface area contributed by atoms with Gasteiger partial charge in [-0.25, -0.2) is 0 Å². The molecule has 0 spiro atoms. The van der Waals surface area contributed by atoms with Crippen LogP contribution in [0.2, 0.25) is 0 Å². The molecular formula is C30H38N4O7. The second-order valence-corrected chi connectivity index (χ2v) is 13.0. The van der Waals surface area contributed by atoms with E-state index in [9.17, 15) is 34.8 Å². The summed E-state index contributed by atoms with van der Waals surface area (Å²) in [7, 11) is 7.00. The van der Waals surface area contributed by atoms with Crippen molar-refractivity contribution in [2.75, 3.05) is 46.2 Å². The van der Waals surface area contributed by atoms with Crippen LogP contribution in [0.3, 0.4) is 0 Å². The quantitative estimate of drug-likeness (QED) is 0.334. The van der Waals surface area contributed by atoms with Gasteiger partial charge >= 0.3 is 0 Å². The smallest absolute Gasteiger partial charge is 0.257 e. The molecule has 220 valence electrons. The number of primary amides is 1. The fraction of sp³-hybridized carbons (Fsp3) is 0.567. The number of fused-ring (bicyclic) bond motifs is 5. The second kappa shape index (κ2) is 9.22. The summed E-state index contributed by atoms with van der Waals surface area (Å²) in [5.74, 6) is -4.02. The van der Waals surface area contributed by atoms with Crippen LogP contribution in [0.5, 0.6) is 5.75 Å². The molecule has 0 radical (unpaired) electrons. The monoisotopic (exact) mass is 566 g/mol. The number of nitrogens with zero attached hydrogens (tertiary/aromatic N) is 3. The molecule has 1 aromatic rings. The van der Waals surface area contributed by atoms with E-state index in [0.29, 0.717) is 42.5 Å². The van der Waals surface area contributed by atoms with Gasteiger partial charge < -0.3 is 36.0 Å². The maximum atomic E-state index is 13.6. The third-order valence-electron chi connectivity index (χ3n) is 10.1. The van der Waals surface area contributed by atoms with Crippen molar-refractivity contribution in [1.82, 2.24) is 9.80 Å². The fourth-order valence-electron chi connectivity index (χ4n) is 8.16. The Bertz CT molecular complexity index is 1430. The van der Waals surface area contributed by atoms with Gasteiger partial charge in [0.2, 0.25) is 0 Å². The van der Waals surface area contributed by atoms with E-state index in [1.54, 1.807) is 25.1 Å². The van der Waals surface area contributed by atoms with Gasteiger partial charge in [-0.2, -0.15) is 0 Å². The lowest BCUT2D eigenvalue weighted by Gasteiger charge is -2.51. The van der Waals surface area contributed by atoms with Crippen molar-refractivity contribution >= 4 is 23.3 Å². The molecule has 2 aliphatic heterocycles. The molecule has 41 heavy (non-hydrogen) atoms. The number of rotatable bonds is 4. The van der Waals surface area contributed by atoms with Crippen LogP contribution >= 0.6 is 0 Å². The molecule has 2 amide bonds. The molecule has 7 rings (SSSR count). The Morgan fingerprint density at radius 3 is 2.20 bits per heavy atom. The lowest BCUT2D eigenvalue weighted by Crippen LogP contribution is -2.62. The van der Waals surface area contributed by atoms with Gasteiger partial charge in [0.15, 0.2) is 11.4 Å². The van der Waals surface area contributed by atoms with Gasteiger partial charge in [-0.3, -0.25) is 19.3 Å². The Morgan fingerprint density at radius 2 is 1.63 bits per heavy atom. The zero-order valence-electron chi connectivity index (χ0n) is 23.8. The molecule has 6 aliphatic rings. The number of hydrogen-bond acceptors (Lipinski definition) is 9. The Morgan fingerprint density at radius 1 is 1.00 bits per heavy atom. The van der Waals surface area contributed by atoms with E-state index < -0.39 is 46.3 Å². The first-order chi connectivity index (χ1) is 19.2. The minimum atomic E-state index is -2.40. The van der Waals surface area contributed by atoms with Crippen molar-refractivity contribution in [3.8, 4) is 5.75 Å². The van der Waals surface area contributed by atoms with Gasteiger partial charge in [0.25, 0.3) is 11.8 Å². The summed E-state index contributed by atoms with van der Waals surface area (Å²) in [5, 5.41) is 46.1. The van der Waals surface area contributed by atoms with Crippen LogP contribution in [0, 0.1) is 23.7 Å². The number of likely N-dealkylation sites (N-methyl/N-ethyl adjacent to an activating group) is 1. The number of anilines is 1. The van der Waals surface area contributed by atoms with Crippen molar-refractivity contribution in [3.05, 3.63) is 45.4 Å². The summed E-state index contributed by atoms with van der Waals surface area (Å²) in [5.41, 5.74) is 5.00. The van der Waals surface area contributed by atoms with E-state index >= 15 is 0 Å². The summed E-state index contributed by atoms with van der Waals surface area (Å²) < 4.78 is 0. The van der Waals surface area contributed by atoms with Gasteiger partial charge in [0, 0.05) is 50.8 Å². The molecule has 0 unspecified atom stereocenters. The topological polar surface area (TPSA) is 168 Å². The predicted octanol–water partition coefficient (Wildman–Crippen LogP) is 1.03. The first-order valence-corrected chi connectivity index (χ1v) is 14.2. The SMILES string of the molecule is CN(C)c1cc(C(=O)N2CC3CC(C3)C2)c(O)c2c1C[C@H]1C[C@H]3[C@H](N(C)C)C(=O)C(C(N)=O)=C(O)[C@@]3(O)C(O)=C1C2. The Kier molecular flexibility index (Phi) is 6.20. The molecular weight excluding hydrogens is 528 g/mol. The first-order valence-electron chi connectivity index (χ1n) is 14.2. The number of hydrogen-bond donors (Lipinski definition) is 5. The standard InChI is InChI=1S/C30H38N4O7/c1-32(2)21-10-19(29(40)34-11-13-5-14(6-13)12-34)24(35)18-9-16-15(7-17(18)21)8-20-23(33(3)4)25(36)22(28(31)39)27(38)30(20,41)26(16)37/h10,13-15,20,23,35,37-38,41H,5-9,11-12H2,1-4H3,(H2,31,39)/t13?,14?,15-,20-,23-,30-/m0/s1. The molecule has 11 nitrogen and oxygen atoms in total. The first kappa shape index (κ1) is 27.6. The number of piperidine rings is 2. The van der Waals surface area contributed by atoms with Gasteiger partial charge in [-0.1, -0.05) is 0 Å². The number of phenolic OH excluding ortho intramolecular Hbond substituents is 1. The minimum Gasteiger partial charge on any atom is -0.509 e.